The molecule has 4 heteroatoms. The molecule has 0 N–H and O–H groups in total. The van der Waals surface area contributed by atoms with Gasteiger partial charge in [0.1, 0.15) is 0 Å². The second kappa shape index (κ2) is 5.55. The predicted molar refractivity (Wildman–Crippen MR) is 73.6 cm³/mol. The number of benzene rings is 1. The zero-order valence-electron chi connectivity index (χ0n) is 10.6. The zero-order chi connectivity index (χ0) is 13.1. The minimum atomic E-state index is -0.0264. The quantitative estimate of drug-likeness (QED) is 0.615. The summed E-state index contributed by atoms with van der Waals surface area (Å²) in [5, 5.41) is 0.969. The minimum Gasteiger partial charge on any atom is -0.383 e. The Labute approximate surface area is 111 Å². The van der Waals surface area contributed by atoms with Crippen molar-refractivity contribution in [3.05, 3.63) is 35.5 Å². The van der Waals surface area contributed by atoms with Crippen LogP contribution in [0.1, 0.15) is 16.1 Å². The summed E-state index contributed by atoms with van der Waals surface area (Å²) in [4.78, 5) is 12.0. The number of ketones is 1. The molecule has 0 fully saturated rings. The van der Waals surface area contributed by atoms with Crippen molar-refractivity contribution in [1.82, 2.24) is 4.57 Å². The number of nitrogens with zero attached hydrogens (tertiary/aromatic N) is 1. The van der Waals surface area contributed by atoms with E-state index in [4.69, 9.17) is 16.3 Å². The number of halogens is 1. The predicted octanol–water partition coefficient (Wildman–Crippen LogP) is 3.02. The van der Waals surface area contributed by atoms with Gasteiger partial charge in [0.2, 0.25) is 0 Å². The van der Waals surface area contributed by atoms with Crippen LogP contribution in [0, 0.1) is 6.92 Å². The molecule has 3 nitrogen and oxygen atoms in total. The van der Waals surface area contributed by atoms with Crippen molar-refractivity contribution in [3.63, 3.8) is 0 Å². The summed E-state index contributed by atoms with van der Waals surface area (Å²) < 4.78 is 7.22. The van der Waals surface area contributed by atoms with Crippen LogP contribution in [0.3, 0.4) is 0 Å². The fraction of sp³-hybridized carbons (Fsp3) is 0.357. The van der Waals surface area contributed by atoms with Gasteiger partial charge in [-0.25, -0.2) is 0 Å². The first-order chi connectivity index (χ1) is 8.70. The van der Waals surface area contributed by atoms with E-state index in [0.29, 0.717) is 6.61 Å². The molecular formula is C14H16ClNO2. The van der Waals surface area contributed by atoms with Crippen LogP contribution in [0.25, 0.3) is 10.9 Å². The summed E-state index contributed by atoms with van der Waals surface area (Å²) in [5.74, 6) is -0.0133. The maximum Gasteiger partial charge on any atom is 0.180 e. The van der Waals surface area contributed by atoms with Crippen LogP contribution in [0.5, 0.6) is 0 Å². The van der Waals surface area contributed by atoms with Gasteiger partial charge in [0.15, 0.2) is 5.78 Å². The van der Waals surface area contributed by atoms with Gasteiger partial charge >= 0.3 is 0 Å². The number of fused-ring (bicyclic) bond motifs is 1. The van der Waals surface area contributed by atoms with Crippen LogP contribution in [0.15, 0.2) is 24.3 Å². The van der Waals surface area contributed by atoms with Crippen molar-refractivity contribution in [2.75, 3.05) is 19.6 Å². The number of carbonyl (C=O) groups is 1. The Balaban J connectivity index is 2.63. The first kappa shape index (κ1) is 13.1. The van der Waals surface area contributed by atoms with Gasteiger partial charge in [-0.1, -0.05) is 18.2 Å². The average molecular weight is 266 g/mol. The molecule has 0 aliphatic heterocycles. The molecule has 0 aliphatic carbocycles. The van der Waals surface area contributed by atoms with Gasteiger partial charge in [-0.3, -0.25) is 4.79 Å². The maximum absolute atomic E-state index is 12.0. The Hall–Kier alpha value is -1.32. The number of hydrogen-bond donors (Lipinski definition) is 0. The highest BCUT2D eigenvalue weighted by Crippen LogP contribution is 2.26. The molecular weight excluding hydrogens is 250 g/mol. The van der Waals surface area contributed by atoms with Crippen molar-refractivity contribution in [2.45, 2.75) is 13.5 Å². The molecule has 0 amide bonds. The summed E-state index contributed by atoms with van der Waals surface area (Å²) in [7, 11) is 1.67. The molecule has 2 aromatic rings. The zero-order valence-corrected chi connectivity index (χ0v) is 11.3. The van der Waals surface area contributed by atoms with Crippen LogP contribution in [-0.4, -0.2) is 29.9 Å². The number of aromatic nitrogens is 1. The van der Waals surface area contributed by atoms with E-state index in [1.807, 2.05) is 31.2 Å². The summed E-state index contributed by atoms with van der Waals surface area (Å²) in [5.41, 5.74) is 2.75. The Kier molecular flexibility index (Phi) is 4.04. The monoisotopic (exact) mass is 265 g/mol. The molecule has 0 unspecified atom stereocenters. The number of methoxy groups -OCH3 is 1. The van der Waals surface area contributed by atoms with Gasteiger partial charge in [-0.2, -0.15) is 0 Å². The summed E-state index contributed by atoms with van der Waals surface area (Å²) in [6, 6.07) is 7.89. The number of para-hydroxylation sites is 1. The lowest BCUT2D eigenvalue weighted by molar-refractivity contribution is 0.102. The Morgan fingerprint density at radius 2 is 2.11 bits per heavy atom. The summed E-state index contributed by atoms with van der Waals surface area (Å²) in [6.45, 7) is 3.31. The van der Waals surface area contributed by atoms with Crippen molar-refractivity contribution >= 4 is 28.3 Å². The smallest absolute Gasteiger partial charge is 0.180 e. The Morgan fingerprint density at radius 3 is 2.78 bits per heavy atom. The van der Waals surface area contributed by atoms with Crippen LogP contribution in [0.4, 0.5) is 0 Å². The van der Waals surface area contributed by atoms with Gasteiger partial charge in [0, 0.05) is 35.8 Å². The van der Waals surface area contributed by atoms with E-state index in [9.17, 15) is 4.79 Å². The van der Waals surface area contributed by atoms with Crippen LogP contribution >= 0.6 is 11.6 Å². The van der Waals surface area contributed by atoms with Gasteiger partial charge in [-0.15, -0.1) is 11.6 Å². The molecule has 2 rings (SSSR count). The number of Topliss-reactive ketones (excluding diaryl/α,β-unsaturated/α-hetero) is 1. The molecule has 0 bridgehead atoms. The standard InChI is InChI=1S/C14H16ClNO2/c1-10-14(13(17)9-15)11-5-3-4-6-12(11)16(10)7-8-18-2/h3-6H,7-9H2,1-2H3. The normalized spacial score (nSPS) is 11.1. The summed E-state index contributed by atoms with van der Waals surface area (Å²) in [6.07, 6.45) is 0. The lowest BCUT2D eigenvalue weighted by atomic mass is 10.1. The topological polar surface area (TPSA) is 31.2 Å². The van der Waals surface area contributed by atoms with E-state index in [1.165, 1.54) is 0 Å². The molecule has 96 valence electrons. The number of ether oxygens (including phenoxy) is 1. The first-order valence-electron chi connectivity index (χ1n) is 5.86. The third kappa shape index (κ3) is 2.16. The molecule has 18 heavy (non-hydrogen) atoms. The second-order valence-corrected chi connectivity index (χ2v) is 4.45. The van der Waals surface area contributed by atoms with Gasteiger partial charge in [0.25, 0.3) is 0 Å². The highest BCUT2D eigenvalue weighted by Gasteiger charge is 2.18. The van der Waals surface area contributed by atoms with Gasteiger partial charge in [-0.05, 0) is 13.0 Å². The second-order valence-electron chi connectivity index (χ2n) is 4.18. The number of hydrogen-bond acceptors (Lipinski definition) is 2. The average Bonchev–Trinajstić information content (AvgIpc) is 2.68. The Morgan fingerprint density at radius 1 is 1.39 bits per heavy atom. The van der Waals surface area contributed by atoms with E-state index >= 15 is 0 Å². The van der Waals surface area contributed by atoms with Gasteiger partial charge < -0.3 is 9.30 Å². The van der Waals surface area contributed by atoms with Crippen LogP contribution < -0.4 is 0 Å². The lowest BCUT2D eigenvalue weighted by Gasteiger charge is -2.07. The van der Waals surface area contributed by atoms with Crippen molar-refractivity contribution in [3.8, 4) is 0 Å². The van der Waals surface area contributed by atoms with Crippen molar-refractivity contribution in [2.24, 2.45) is 0 Å². The van der Waals surface area contributed by atoms with E-state index in [2.05, 4.69) is 4.57 Å². The van der Waals surface area contributed by atoms with Crippen molar-refractivity contribution < 1.29 is 9.53 Å². The molecule has 0 radical (unpaired) electrons. The number of carbonyl (C=O) groups excluding carboxylic acids is 1. The molecule has 0 aliphatic rings. The molecule has 0 atom stereocenters. The third-order valence-corrected chi connectivity index (χ3v) is 3.39. The fourth-order valence-electron chi connectivity index (χ4n) is 2.32. The summed E-state index contributed by atoms with van der Waals surface area (Å²) >= 11 is 5.69. The molecule has 0 spiro atoms. The maximum atomic E-state index is 12.0. The van der Waals surface area contributed by atoms with E-state index in [-0.39, 0.29) is 11.7 Å². The number of rotatable bonds is 5. The molecule has 1 aromatic heterocycles. The van der Waals surface area contributed by atoms with Gasteiger partial charge in [0.05, 0.1) is 12.5 Å². The first-order valence-corrected chi connectivity index (χ1v) is 6.40. The van der Waals surface area contributed by atoms with E-state index < -0.39 is 0 Å². The minimum absolute atomic E-state index is 0.0130. The van der Waals surface area contributed by atoms with E-state index in [1.54, 1.807) is 7.11 Å². The van der Waals surface area contributed by atoms with Crippen LogP contribution in [0.2, 0.25) is 0 Å². The molecule has 0 saturated heterocycles. The Bertz CT molecular complexity index is 574. The molecule has 0 saturated carbocycles. The SMILES string of the molecule is COCCn1c(C)c(C(=O)CCl)c2ccccc21. The van der Waals surface area contributed by atoms with Crippen LogP contribution in [-0.2, 0) is 11.3 Å². The fourth-order valence-corrected chi connectivity index (χ4v) is 2.45. The molecule has 1 heterocycles. The third-order valence-electron chi connectivity index (χ3n) is 3.15. The lowest BCUT2D eigenvalue weighted by Crippen LogP contribution is -2.08. The largest absolute Gasteiger partial charge is 0.383 e. The van der Waals surface area contributed by atoms with Crippen molar-refractivity contribution in [1.29, 1.82) is 0 Å². The number of alkyl halides is 1. The highest BCUT2D eigenvalue weighted by atomic mass is 35.5. The highest BCUT2D eigenvalue weighted by molar-refractivity contribution is 6.32. The molecule has 1 aromatic carbocycles. The van der Waals surface area contributed by atoms with E-state index in [0.717, 1.165) is 28.7 Å².